The number of para-hydroxylation sites is 1. The third-order valence-corrected chi connectivity index (χ3v) is 5.70. The summed E-state index contributed by atoms with van der Waals surface area (Å²) in [5.74, 6) is 0.555. The van der Waals surface area contributed by atoms with E-state index in [0.717, 1.165) is 42.7 Å². The maximum absolute atomic E-state index is 12.5. The lowest BCUT2D eigenvalue weighted by Crippen LogP contribution is -2.44. The number of rotatable bonds is 5. The van der Waals surface area contributed by atoms with Crippen LogP contribution in [0, 0.1) is 28.9 Å². The summed E-state index contributed by atoms with van der Waals surface area (Å²) in [6.45, 7) is 9.58. The monoisotopic (exact) mass is 384 g/mol. The van der Waals surface area contributed by atoms with Crippen LogP contribution in [-0.2, 0) is 4.79 Å². The van der Waals surface area contributed by atoms with Crippen molar-refractivity contribution in [2.75, 3.05) is 18.0 Å². The van der Waals surface area contributed by atoms with E-state index in [2.05, 4.69) is 29.0 Å². The normalized spacial score (nSPS) is 16.4. The topological polar surface area (TPSA) is 88.4 Å². The molecule has 1 saturated heterocycles. The van der Waals surface area contributed by atoms with Crippen LogP contribution in [0.1, 0.15) is 39.3 Å². The third kappa shape index (κ3) is 4.08. The Labute approximate surface area is 165 Å². The van der Waals surface area contributed by atoms with Gasteiger partial charge in [-0.05, 0) is 38.7 Å². The number of amides is 1. The van der Waals surface area contributed by atoms with Crippen LogP contribution in [0.15, 0.2) is 24.3 Å². The molecule has 7 nitrogen and oxygen atoms in total. The van der Waals surface area contributed by atoms with Gasteiger partial charge >= 0.3 is 0 Å². The van der Waals surface area contributed by atoms with Gasteiger partial charge in [-0.1, -0.05) is 26.0 Å². The van der Waals surface area contributed by atoms with Crippen molar-refractivity contribution in [3.05, 3.63) is 40.1 Å². The van der Waals surface area contributed by atoms with Crippen molar-refractivity contribution >= 4 is 28.2 Å². The van der Waals surface area contributed by atoms with Crippen LogP contribution in [0.5, 0.6) is 0 Å². The minimum Gasteiger partial charge on any atom is -0.371 e. The predicted octanol–water partition coefficient (Wildman–Crippen LogP) is 3.83. The quantitative estimate of drug-likeness (QED) is 0.625. The van der Waals surface area contributed by atoms with Crippen molar-refractivity contribution in [1.82, 2.24) is 10.3 Å². The molecule has 0 radical (unpaired) electrons. The molecule has 28 heavy (non-hydrogen) atoms. The second-order valence-corrected chi connectivity index (χ2v) is 8.02. The minimum atomic E-state index is -0.384. The number of piperidine rings is 1. The number of anilines is 1. The smallest absolute Gasteiger partial charge is 0.295 e. The number of carbonyl (C=O) groups is 1. The molecule has 2 heterocycles. The number of non-ortho nitro benzene ring substituents is 1. The zero-order valence-corrected chi connectivity index (χ0v) is 16.9. The number of fused-ring (bicyclic) bond motifs is 1. The van der Waals surface area contributed by atoms with Crippen LogP contribution >= 0.6 is 0 Å². The van der Waals surface area contributed by atoms with Crippen molar-refractivity contribution in [1.29, 1.82) is 0 Å². The lowest BCUT2D eigenvalue weighted by atomic mass is 9.94. The number of aromatic nitrogens is 1. The summed E-state index contributed by atoms with van der Waals surface area (Å²) in [5.41, 5.74) is 2.16. The number of pyridine rings is 1. The molecule has 1 amide bonds. The molecule has 3 rings (SSSR count). The molecule has 1 aliphatic rings. The number of benzene rings is 1. The number of nitrogens with zero attached hydrogens (tertiary/aromatic N) is 3. The Morgan fingerprint density at radius 2 is 1.96 bits per heavy atom. The van der Waals surface area contributed by atoms with Crippen LogP contribution < -0.4 is 10.2 Å². The van der Waals surface area contributed by atoms with E-state index in [1.54, 1.807) is 6.07 Å². The Morgan fingerprint density at radius 3 is 2.57 bits per heavy atom. The van der Waals surface area contributed by atoms with E-state index < -0.39 is 0 Å². The fraction of sp³-hybridized carbons (Fsp3) is 0.524. The molecule has 150 valence electrons. The molecule has 0 spiro atoms. The summed E-state index contributed by atoms with van der Waals surface area (Å²) in [6.07, 6.45) is 1.54. The van der Waals surface area contributed by atoms with Gasteiger partial charge in [-0.15, -0.1) is 0 Å². The van der Waals surface area contributed by atoms with Crippen molar-refractivity contribution in [3.63, 3.8) is 0 Å². The largest absolute Gasteiger partial charge is 0.371 e. The van der Waals surface area contributed by atoms with Gasteiger partial charge in [0.1, 0.15) is 0 Å². The molecular formula is C21H28N4O3. The zero-order chi connectivity index (χ0) is 20.4. The second kappa shape index (κ2) is 8.12. The molecule has 1 aromatic carbocycles. The molecule has 7 heteroatoms. The van der Waals surface area contributed by atoms with E-state index in [0.29, 0.717) is 11.4 Å². The van der Waals surface area contributed by atoms with Crippen molar-refractivity contribution < 1.29 is 9.72 Å². The molecule has 1 aromatic heterocycles. The maximum Gasteiger partial charge on any atom is 0.295 e. The molecule has 1 unspecified atom stereocenters. The Morgan fingerprint density at radius 1 is 1.29 bits per heavy atom. The summed E-state index contributed by atoms with van der Waals surface area (Å²) in [6, 6.07) is 7.22. The molecular weight excluding hydrogens is 356 g/mol. The van der Waals surface area contributed by atoms with Crippen LogP contribution in [0.3, 0.4) is 0 Å². The fourth-order valence-corrected chi connectivity index (χ4v) is 3.64. The molecule has 0 saturated carbocycles. The first kappa shape index (κ1) is 20.0. The van der Waals surface area contributed by atoms with Gasteiger partial charge in [0.25, 0.3) is 5.69 Å². The molecule has 1 N–H and O–H groups in total. The van der Waals surface area contributed by atoms with E-state index in [4.69, 9.17) is 0 Å². The highest BCUT2D eigenvalue weighted by Gasteiger charge is 2.28. The van der Waals surface area contributed by atoms with E-state index in [1.165, 1.54) is 6.07 Å². The van der Waals surface area contributed by atoms with E-state index in [9.17, 15) is 14.9 Å². The number of carbonyl (C=O) groups excluding carboxylic acids is 1. The summed E-state index contributed by atoms with van der Waals surface area (Å²) >= 11 is 0. The van der Waals surface area contributed by atoms with E-state index in [-0.39, 0.29) is 28.5 Å². The van der Waals surface area contributed by atoms with Crippen molar-refractivity contribution in [2.24, 2.45) is 11.8 Å². The van der Waals surface area contributed by atoms with Crippen molar-refractivity contribution in [2.45, 2.75) is 46.6 Å². The summed E-state index contributed by atoms with van der Waals surface area (Å²) < 4.78 is 0. The van der Waals surface area contributed by atoms with E-state index >= 15 is 0 Å². The first-order chi connectivity index (χ1) is 13.3. The molecule has 1 atom stereocenters. The fourth-order valence-electron chi connectivity index (χ4n) is 3.64. The number of nitro groups is 1. The molecule has 1 aliphatic heterocycles. The number of aryl methyl sites for hydroxylation is 1. The highest BCUT2D eigenvalue weighted by atomic mass is 16.6. The summed E-state index contributed by atoms with van der Waals surface area (Å²) in [5, 5.41) is 15.3. The van der Waals surface area contributed by atoms with Gasteiger partial charge in [0, 0.05) is 47.9 Å². The Balaban J connectivity index is 1.79. The van der Waals surface area contributed by atoms with Crippen LogP contribution in [0.4, 0.5) is 11.4 Å². The second-order valence-electron chi connectivity index (χ2n) is 8.02. The van der Waals surface area contributed by atoms with Gasteiger partial charge in [-0.2, -0.15) is 0 Å². The van der Waals surface area contributed by atoms with Gasteiger partial charge in [0.15, 0.2) is 5.52 Å². The highest BCUT2D eigenvalue weighted by molar-refractivity contribution is 5.97. The maximum atomic E-state index is 12.5. The molecule has 2 aromatic rings. The summed E-state index contributed by atoms with van der Waals surface area (Å²) in [4.78, 5) is 30.1. The standard InChI is InChI=1S/C21H28N4O3/c1-13(2)15(4)23-21(26)16-8-10-24(11-9-16)19-12-14(3)22-20-17(19)6-5-7-18(20)25(27)28/h5-7,12-13,15-16H,8-11H2,1-4H3,(H,23,26). The molecule has 0 bridgehead atoms. The zero-order valence-electron chi connectivity index (χ0n) is 16.9. The SMILES string of the molecule is Cc1cc(N2CCC(C(=O)NC(C)C(C)C)CC2)c2cccc([N+](=O)[O-])c2n1. The van der Waals surface area contributed by atoms with E-state index in [1.807, 2.05) is 26.0 Å². The van der Waals surface area contributed by atoms with Gasteiger partial charge in [0.05, 0.1) is 4.92 Å². The third-order valence-electron chi connectivity index (χ3n) is 5.70. The number of hydrogen-bond acceptors (Lipinski definition) is 5. The Hall–Kier alpha value is -2.70. The number of nitrogens with one attached hydrogen (secondary N) is 1. The molecule has 1 fully saturated rings. The first-order valence-electron chi connectivity index (χ1n) is 9.88. The van der Waals surface area contributed by atoms with Crippen molar-refractivity contribution in [3.8, 4) is 0 Å². The first-order valence-corrected chi connectivity index (χ1v) is 9.88. The van der Waals surface area contributed by atoms with Gasteiger partial charge < -0.3 is 10.2 Å². The van der Waals surface area contributed by atoms with Crippen LogP contribution in [0.25, 0.3) is 10.9 Å². The van der Waals surface area contributed by atoms with Crippen LogP contribution in [0.2, 0.25) is 0 Å². The van der Waals surface area contributed by atoms with Gasteiger partial charge in [0.2, 0.25) is 5.91 Å². The Bertz CT molecular complexity index is 889. The molecule has 0 aliphatic carbocycles. The lowest BCUT2D eigenvalue weighted by molar-refractivity contribution is -0.383. The summed E-state index contributed by atoms with van der Waals surface area (Å²) in [7, 11) is 0. The van der Waals surface area contributed by atoms with Gasteiger partial charge in [-0.3, -0.25) is 14.9 Å². The lowest BCUT2D eigenvalue weighted by Gasteiger charge is -2.34. The predicted molar refractivity (Wildman–Crippen MR) is 111 cm³/mol. The number of hydrogen-bond donors (Lipinski definition) is 1. The van der Waals surface area contributed by atoms with Crippen LogP contribution in [-0.4, -0.2) is 34.9 Å². The average Bonchev–Trinajstić information content (AvgIpc) is 2.66. The minimum absolute atomic E-state index is 0.0148. The average molecular weight is 384 g/mol. The number of nitro benzene ring substituents is 1. The highest BCUT2D eigenvalue weighted by Crippen LogP contribution is 2.34. The van der Waals surface area contributed by atoms with Gasteiger partial charge in [-0.25, -0.2) is 4.98 Å². The Kier molecular flexibility index (Phi) is 5.82.